The van der Waals surface area contributed by atoms with Gasteiger partial charge < -0.3 is 4.42 Å². The standard InChI is InChI=1S/C15H8ClN3O2S/c16-13-6-5-10(21-13)7-9(8-17)14(20)19-15-18-11-3-1-2-4-12(11)22-15/h1-7H,(H,18,19,20)/b9-7+. The lowest BCUT2D eigenvalue weighted by atomic mass is 10.2. The van der Waals surface area contributed by atoms with Gasteiger partial charge in [-0.15, -0.1) is 0 Å². The van der Waals surface area contributed by atoms with E-state index in [0.29, 0.717) is 10.9 Å². The highest BCUT2D eigenvalue weighted by molar-refractivity contribution is 7.22. The summed E-state index contributed by atoms with van der Waals surface area (Å²) in [6, 6.07) is 12.5. The van der Waals surface area contributed by atoms with Crippen molar-refractivity contribution in [2.75, 3.05) is 5.32 Å². The maximum Gasteiger partial charge on any atom is 0.268 e. The molecule has 0 saturated heterocycles. The van der Waals surface area contributed by atoms with Gasteiger partial charge in [0.1, 0.15) is 17.4 Å². The third-order valence-corrected chi connectivity index (χ3v) is 3.91. The molecule has 0 spiro atoms. The van der Waals surface area contributed by atoms with E-state index in [2.05, 4.69) is 10.3 Å². The predicted molar refractivity (Wildman–Crippen MR) is 85.6 cm³/mol. The van der Waals surface area contributed by atoms with E-state index in [1.807, 2.05) is 30.3 Å². The first kappa shape index (κ1) is 14.3. The zero-order valence-corrected chi connectivity index (χ0v) is 12.6. The first-order valence-corrected chi connectivity index (χ1v) is 7.39. The Labute approximate surface area is 134 Å². The minimum atomic E-state index is -0.547. The normalized spacial score (nSPS) is 11.4. The summed E-state index contributed by atoms with van der Waals surface area (Å²) in [5, 5.41) is 12.3. The molecule has 0 aliphatic heterocycles. The van der Waals surface area contributed by atoms with Crippen molar-refractivity contribution in [1.29, 1.82) is 5.26 Å². The number of halogens is 1. The Kier molecular flexibility index (Phi) is 3.92. The minimum Gasteiger partial charge on any atom is -0.445 e. The topological polar surface area (TPSA) is 78.9 Å². The van der Waals surface area contributed by atoms with Crippen molar-refractivity contribution in [3.05, 3.63) is 53.0 Å². The van der Waals surface area contributed by atoms with Gasteiger partial charge in [0.2, 0.25) is 0 Å². The Hall–Kier alpha value is -2.62. The van der Waals surface area contributed by atoms with Crippen molar-refractivity contribution in [2.45, 2.75) is 0 Å². The van der Waals surface area contributed by atoms with Gasteiger partial charge in [-0.2, -0.15) is 5.26 Å². The lowest BCUT2D eigenvalue weighted by Crippen LogP contribution is -2.13. The molecule has 3 rings (SSSR count). The molecule has 7 heteroatoms. The Bertz CT molecular complexity index is 887. The maximum absolute atomic E-state index is 12.1. The molecule has 1 amide bonds. The van der Waals surface area contributed by atoms with Crippen LogP contribution in [0.1, 0.15) is 5.76 Å². The number of fused-ring (bicyclic) bond motifs is 1. The molecule has 1 N–H and O–H groups in total. The molecule has 0 bridgehead atoms. The quantitative estimate of drug-likeness (QED) is 0.580. The van der Waals surface area contributed by atoms with Gasteiger partial charge in [0.05, 0.1) is 10.2 Å². The molecular formula is C15H8ClN3O2S. The smallest absolute Gasteiger partial charge is 0.268 e. The summed E-state index contributed by atoms with van der Waals surface area (Å²) < 4.78 is 6.07. The van der Waals surface area contributed by atoms with Gasteiger partial charge in [-0.3, -0.25) is 10.1 Å². The number of para-hydroxylation sites is 1. The number of carbonyl (C=O) groups is 1. The third kappa shape index (κ3) is 3.01. The number of carbonyl (C=O) groups excluding carboxylic acids is 1. The SMILES string of the molecule is N#C/C(=C\c1ccc(Cl)o1)C(=O)Nc1nc2ccccc2s1. The van der Waals surface area contributed by atoms with Crippen molar-refractivity contribution in [3.8, 4) is 6.07 Å². The lowest BCUT2D eigenvalue weighted by Gasteiger charge is -1.98. The van der Waals surface area contributed by atoms with Gasteiger partial charge in [-0.1, -0.05) is 23.5 Å². The number of hydrogen-bond acceptors (Lipinski definition) is 5. The van der Waals surface area contributed by atoms with Crippen molar-refractivity contribution in [2.24, 2.45) is 0 Å². The lowest BCUT2D eigenvalue weighted by molar-refractivity contribution is -0.112. The predicted octanol–water partition coefficient (Wildman–Crippen LogP) is 4.09. The van der Waals surface area contributed by atoms with E-state index in [1.54, 1.807) is 6.07 Å². The molecule has 5 nitrogen and oxygen atoms in total. The Morgan fingerprint density at radius 3 is 2.86 bits per heavy atom. The van der Waals surface area contributed by atoms with Gasteiger partial charge >= 0.3 is 0 Å². The molecule has 0 saturated carbocycles. The fraction of sp³-hybridized carbons (Fsp3) is 0. The second kappa shape index (κ2) is 6.02. The molecule has 0 aliphatic rings. The highest BCUT2D eigenvalue weighted by Crippen LogP contribution is 2.26. The van der Waals surface area contributed by atoms with Crippen molar-refractivity contribution in [1.82, 2.24) is 4.98 Å². The fourth-order valence-electron chi connectivity index (χ4n) is 1.79. The van der Waals surface area contributed by atoms with E-state index in [4.69, 9.17) is 21.3 Å². The molecule has 0 unspecified atom stereocenters. The largest absolute Gasteiger partial charge is 0.445 e. The van der Waals surface area contributed by atoms with Gasteiger partial charge in [0, 0.05) is 6.08 Å². The number of aromatic nitrogens is 1. The molecule has 3 aromatic rings. The average molecular weight is 330 g/mol. The van der Waals surface area contributed by atoms with Gasteiger partial charge in [0.15, 0.2) is 10.4 Å². The van der Waals surface area contributed by atoms with Gasteiger partial charge in [-0.05, 0) is 35.9 Å². The van der Waals surface area contributed by atoms with Crippen LogP contribution in [0.4, 0.5) is 5.13 Å². The van der Waals surface area contributed by atoms with Crippen LogP contribution in [0.3, 0.4) is 0 Å². The maximum atomic E-state index is 12.1. The number of furan rings is 1. The van der Waals surface area contributed by atoms with Crippen LogP contribution in [0, 0.1) is 11.3 Å². The van der Waals surface area contributed by atoms with Gasteiger partial charge in [0.25, 0.3) is 5.91 Å². The van der Waals surface area contributed by atoms with Crippen LogP contribution in [-0.4, -0.2) is 10.9 Å². The number of thiazole rings is 1. The summed E-state index contributed by atoms with van der Waals surface area (Å²) in [5.74, 6) is -0.213. The summed E-state index contributed by atoms with van der Waals surface area (Å²) >= 11 is 6.99. The van der Waals surface area contributed by atoms with Crippen LogP contribution in [-0.2, 0) is 4.79 Å². The molecule has 2 heterocycles. The van der Waals surface area contributed by atoms with E-state index in [-0.39, 0.29) is 10.8 Å². The number of amides is 1. The number of nitrogens with one attached hydrogen (secondary N) is 1. The number of nitrogens with zero attached hydrogens (tertiary/aromatic N) is 2. The van der Waals surface area contributed by atoms with Crippen molar-refractivity contribution >= 4 is 50.3 Å². The van der Waals surface area contributed by atoms with Crippen molar-refractivity contribution < 1.29 is 9.21 Å². The highest BCUT2D eigenvalue weighted by atomic mass is 35.5. The summed E-state index contributed by atoms with van der Waals surface area (Å²) in [6.45, 7) is 0. The van der Waals surface area contributed by atoms with E-state index < -0.39 is 5.91 Å². The molecule has 0 fully saturated rings. The van der Waals surface area contributed by atoms with E-state index in [1.165, 1.54) is 23.5 Å². The Balaban J connectivity index is 1.83. The molecule has 22 heavy (non-hydrogen) atoms. The molecule has 108 valence electrons. The summed E-state index contributed by atoms with van der Waals surface area (Å²) in [7, 11) is 0. The zero-order valence-electron chi connectivity index (χ0n) is 11.0. The van der Waals surface area contributed by atoms with Crippen LogP contribution in [0.15, 0.2) is 46.4 Å². The molecule has 0 radical (unpaired) electrons. The zero-order chi connectivity index (χ0) is 15.5. The van der Waals surface area contributed by atoms with Crippen LogP contribution in [0.2, 0.25) is 5.22 Å². The monoisotopic (exact) mass is 329 g/mol. The molecule has 2 aromatic heterocycles. The molecule has 1 aromatic carbocycles. The number of benzene rings is 1. The minimum absolute atomic E-state index is 0.0923. The van der Waals surface area contributed by atoms with E-state index in [0.717, 1.165) is 10.2 Å². The fourth-order valence-corrected chi connectivity index (χ4v) is 2.80. The first-order valence-electron chi connectivity index (χ1n) is 6.20. The second-order valence-electron chi connectivity index (χ2n) is 4.25. The number of anilines is 1. The van der Waals surface area contributed by atoms with Crippen LogP contribution in [0.5, 0.6) is 0 Å². The number of hydrogen-bond donors (Lipinski definition) is 1. The Morgan fingerprint density at radius 2 is 2.18 bits per heavy atom. The molecular weight excluding hydrogens is 322 g/mol. The van der Waals surface area contributed by atoms with Crippen LogP contribution >= 0.6 is 22.9 Å². The second-order valence-corrected chi connectivity index (χ2v) is 5.66. The average Bonchev–Trinajstić information content (AvgIpc) is 3.09. The van der Waals surface area contributed by atoms with Crippen molar-refractivity contribution in [3.63, 3.8) is 0 Å². The number of nitriles is 1. The van der Waals surface area contributed by atoms with Gasteiger partial charge in [-0.25, -0.2) is 4.98 Å². The summed E-state index contributed by atoms with van der Waals surface area (Å²) in [4.78, 5) is 16.4. The highest BCUT2D eigenvalue weighted by Gasteiger charge is 2.13. The number of rotatable bonds is 3. The summed E-state index contributed by atoms with van der Waals surface area (Å²) in [6.07, 6.45) is 1.33. The summed E-state index contributed by atoms with van der Waals surface area (Å²) in [5.41, 5.74) is 0.702. The van der Waals surface area contributed by atoms with E-state index in [9.17, 15) is 4.79 Å². The molecule has 0 aliphatic carbocycles. The van der Waals surface area contributed by atoms with Crippen LogP contribution in [0.25, 0.3) is 16.3 Å². The van der Waals surface area contributed by atoms with Crippen LogP contribution < -0.4 is 5.32 Å². The third-order valence-electron chi connectivity index (χ3n) is 2.76. The van der Waals surface area contributed by atoms with E-state index >= 15 is 0 Å². The first-order chi connectivity index (χ1) is 10.7. The molecule has 0 atom stereocenters. The Morgan fingerprint density at radius 1 is 1.36 bits per heavy atom.